The molecule has 2 nitrogen and oxygen atoms in total. The van der Waals surface area contributed by atoms with Gasteiger partial charge >= 0.3 is 0 Å². The Hall–Kier alpha value is -0.360. The lowest BCUT2D eigenvalue weighted by Crippen LogP contribution is -2.00. The Kier molecular flexibility index (Phi) is 4.44. The Balaban J connectivity index is 2.56. The highest BCUT2D eigenvalue weighted by atomic mass is 127. The summed E-state index contributed by atoms with van der Waals surface area (Å²) in [4.78, 5) is 0. The van der Waals surface area contributed by atoms with Crippen LogP contribution in [-0.4, -0.2) is 18.3 Å². The van der Waals surface area contributed by atoms with Crippen molar-refractivity contribution in [2.24, 2.45) is 0 Å². The van der Waals surface area contributed by atoms with Crippen LogP contribution in [0.25, 0.3) is 0 Å². The molecular formula is C9H10FIO2. The van der Waals surface area contributed by atoms with Gasteiger partial charge in [-0.25, -0.2) is 4.39 Å². The van der Waals surface area contributed by atoms with Crippen LogP contribution in [0.15, 0.2) is 18.2 Å². The molecule has 0 unspecified atom stereocenters. The molecule has 0 aromatic heterocycles. The second-order valence-corrected chi connectivity index (χ2v) is 3.78. The molecule has 0 bridgehead atoms. The number of aliphatic hydroxyl groups excluding tert-OH is 1. The van der Waals surface area contributed by atoms with Crippen molar-refractivity contribution in [3.05, 3.63) is 27.6 Å². The van der Waals surface area contributed by atoms with E-state index in [0.29, 0.717) is 18.8 Å². The van der Waals surface area contributed by atoms with E-state index in [2.05, 4.69) is 0 Å². The van der Waals surface area contributed by atoms with E-state index in [1.54, 1.807) is 6.07 Å². The quantitative estimate of drug-likeness (QED) is 0.682. The summed E-state index contributed by atoms with van der Waals surface area (Å²) in [5, 5.41) is 8.50. The van der Waals surface area contributed by atoms with Gasteiger partial charge in [-0.15, -0.1) is 0 Å². The minimum absolute atomic E-state index is 0.0897. The van der Waals surface area contributed by atoms with Gasteiger partial charge < -0.3 is 9.84 Å². The van der Waals surface area contributed by atoms with E-state index >= 15 is 0 Å². The summed E-state index contributed by atoms with van der Waals surface area (Å²) in [6, 6.07) is 4.51. The van der Waals surface area contributed by atoms with E-state index in [1.807, 2.05) is 22.6 Å². The maximum Gasteiger partial charge on any atom is 0.127 e. The topological polar surface area (TPSA) is 29.5 Å². The van der Waals surface area contributed by atoms with Crippen molar-refractivity contribution in [3.63, 3.8) is 0 Å². The van der Waals surface area contributed by atoms with Crippen LogP contribution in [0.5, 0.6) is 5.75 Å². The highest BCUT2D eigenvalue weighted by Gasteiger charge is 1.99. The molecule has 0 aliphatic rings. The van der Waals surface area contributed by atoms with Crippen LogP contribution < -0.4 is 4.74 Å². The van der Waals surface area contributed by atoms with Gasteiger partial charge in [0, 0.05) is 22.7 Å². The standard InChI is InChI=1S/C9H10FIO2/c10-7-4-8(11)6-9(5-7)13-3-1-2-12/h4-6,12H,1-3H2. The zero-order valence-electron chi connectivity index (χ0n) is 6.96. The summed E-state index contributed by atoms with van der Waals surface area (Å²) >= 11 is 2.02. The second-order valence-electron chi connectivity index (χ2n) is 2.53. The van der Waals surface area contributed by atoms with Crippen molar-refractivity contribution < 1.29 is 14.2 Å². The first-order valence-corrected chi connectivity index (χ1v) is 5.00. The van der Waals surface area contributed by atoms with Crippen LogP contribution in [0.3, 0.4) is 0 Å². The third-order valence-electron chi connectivity index (χ3n) is 1.41. The van der Waals surface area contributed by atoms with Crippen molar-refractivity contribution in [2.75, 3.05) is 13.2 Å². The fraction of sp³-hybridized carbons (Fsp3) is 0.333. The lowest BCUT2D eigenvalue weighted by molar-refractivity contribution is 0.233. The Bertz CT molecular complexity index is 258. The molecule has 0 saturated carbocycles. The third kappa shape index (κ3) is 3.91. The lowest BCUT2D eigenvalue weighted by atomic mass is 10.3. The van der Waals surface area contributed by atoms with Gasteiger partial charge in [-0.05, 0) is 34.7 Å². The Morgan fingerprint density at radius 1 is 1.38 bits per heavy atom. The van der Waals surface area contributed by atoms with Gasteiger partial charge in [0.25, 0.3) is 0 Å². The van der Waals surface area contributed by atoms with Gasteiger partial charge in [-0.3, -0.25) is 0 Å². The van der Waals surface area contributed by atoms with Crippen molar-refractivity contribution >= 4 is 22.6 Å². The van der Waals surface area contributed by atoms with Crippen LogP contribution in [-0.2, 0) is 0 Å². The largest absolute Gasteiger partial charge is 0.493 e. The van der Waals surface area contributed by atoms with Crippen LogP contribution in [0, 0.1) is 9.39 Å². The van der Waals surface area contributed by atoms with E-state index in [9.17, 15) is 4.39 Å². The van der Waals surface area contributed by atoms with Crippen molar-refractivity contribution in [1.29, 1.82) is 0 Å². The van der Waals surface area contributed by atoms with Crippen LogP contribution >= 0.6 is 22.6 Å². The van der Waals surface area contributed by atoms with E-state index in [-0.39, 0.29) is 12.4 Å². The average Bonchev–Trinajstić information content (AvgIpc) is 2.03. The number of rotatable bonds is 4. The molecule has 1 rings (SSSR count). The predicted octanol–water partition coefficient (Wildman–Crippen LogP) is 2.19. The third-order valence-corrected chi connectivity index (χ3v) is 2.03. The number of halogens is 2. The van der Waals surface area contributed by atoms with Gasteiger partial charge in [0.15, 0.2) is 0 Å². The summed E-state index contributed by atoms with van der Waals surface area (Å²) in [7, 11) is 0. The van der Waals surface area contributed by atoms with Gasteiger partial charge in [0.2, 0.25) is 0 Å². The average molecular weight is 296 g/mol. The minimum Gasteiger partial charge on any atom is -0.493 e. The number of aliphatic hydroxyl groups is 1. The lowest BCUT2D eigenvalue weighted by Gasteiger charge is -2.05. The van der Waals surface area contributed by atoms with Gasteiger partial charge in [-0.2, -0.15) is 0 Å². The summed E-state index contributed by atoms with van der Waals surface area (Å²) in [5.74, 6) is 0.212. The Morgan fingerprint density at radius 2 is 2.15 bits per heavy atom. The van der Waals surface area contributed by atoms with Crippen LogP contribution in [0.4, 0.5) is 4.39 Å². The summed E-state index contributed by atoms with van der Waals surface area (Å²) in [5.41, 5.74) is 0. The van der Waals surface area contributed by atoms with Gasteiger partial charge in [0.05, 0.1) is 6.61 Å². The summed E-state index contributed by atoms with van der Waals surface area (Å²) < 4.78 is 18.8. The minimum atomic E-state index is -0.300. The second kappa shape index (κ2) is 5.39. The number of hydrogen-bond acceptors (Lipinski definition) is 2. The molecule has 0 radical (unpaired) electrons. The first-order valence-electron chi connectivity index (χ1n) is 3.92. The van der Waals surface area contributed by atoms with E-state index < -0.39 is 0 Å². The molecule has 13 heavy (non-hydrogen) atoms. The van der Waals surface area contributed by atoms with Gasteiger partial charge in [-0.1, -0.05) is 0 Å². The normalized spacial score (nSPS) is 10.1. The van der Waals surface area contributed by atoms with Crippen LogP contribution in [0.2, 0.25) is 0 Å². The molecule has 0 amide bonds. The van der Waals surface area contributed by atoms with Crippen molar-refractivity contribution in [3.8, 4) is 5.75 Å². The molecule has 0 heterocycles. The molecule has 0 aliphatic heterocycles. The van der Waals surface area contributed by atoms with E-state index in [0.717, 1.165) is 3.57 Å². The molecule has 0 spiro atoms. The SMILES string of the molecule is OCCCOc1cc(F)cc(I)c1. The smallest absolute Gasteiger partial charge is 0.127 e. The molecule has 1 aromatic rings. The summed E-state index contributed by atoms with van der Waals surface area (Å²) in [6.45, 7) is 0.502. The van der Waals surface area contributed by atoms with E-state index in [4.69, 9.17) is 9.84 Å². The van der Waals surface area contributed by atoms with Crippen LogP contribution in [0.1, 0.15) is 6.42 Å². The monoisotopic (exact) mass is 296 g/mol. The van der Waals surface area contributed by atoms with Crippen molar-refractivity contribution in [1.82, 2.24) is 0 Å². The Morgan fingerprint density at radius 3 is 2.77 bits per heavy atom. The molecule has 72 valence electrons. The maximum atomic E-state index is 12.8. The molecule has 1 aromatic carbocycles. The highest BCUT2D eigenvalue weighted by molar-refractivity contribution is 14.1. The first kappa shape index (κ1) is 10.7. The maximum absolute atomic E-state index is 12.8. The van der Waals surface area contributed by atoms with E-state index in [1.165, 1.54) is 12.1 Å². The summed E-state index contributed by atoms with van der Waals surface area (Å²) in [6.07, 6.45) is 0.563. The van der Waals surface area contributed by atoms with Crippen molar-refractivity contribution in [2.45, 2.75) is 6.42 Å². The molecular weight excluding hydrogens is 286 g/mol. The molecule has 0 atom stereocenters. The molecule has 0 saturated heterocycles. The molecule has 4 heteroatoms. The number of ether oxygens (including phenoxy) is 1. The molecule has 1 N–H and O–H groups in total. The molecule has 0 aliphatic carbocycles. The number of benzene rings is 1. The molecule has 0 fully saturated rings. The van der Waals surface area contributed by atoms with Gasteiger partial charge in [0.1, 0.15) is 11.6 Å². The highest BCUT2D eigenvalue weighted by Crippen LogP contribution is 2.17. The zero-order chi connectivity index (χ0) is 9.68. The predicted molar refractivity (Wildman–Crippen MR) is 56.3 cm³/mol. The zero-order valence-corrected chi connectivity index (χ0v) is 9.12. The fourth-order valence-corrected chi connectivity index (χ4v) is 1.47. The Labute approximate surface area is 89.9 Å². The fourth-order valence-electron chi connectivity index (χ4n) is 0.866. The first-order chi connectivity index (χ1) is 6.22. The number of hydrogen-bond donors (Lipinski definition) is 1.